The molecule has 0 unspecified atom stereocenters. The minimum absolute atomic E-state index is 0.235. The molecule has 1 saturated heterocycles. The smallest absolute Gasteiger partial charge is 0.235 e. The molecule has 4 N–H and O–H groups in total. The molecule has 1 heterocycles. The molecule has 8 heteroatoms. The highest BCUT2D eigenvalue weighted by atomic mass is 17.1. The SMILES string of the molecule is CO[C@H]1CC(=O)[C@@]23C(=O)N[C@H](CC(C)C)[C@@H]2C(C)=C(C)[C@H](OO)[C@@H]3/C=C(\C)CC[C@@H](O)[C@H]1O. The molecule has 1 aliphatic heterocycles. The minimum atomic E-state index is -1.51. The Morgan fingerprint density at radius 1 is 1.18 bits per heavy atom. The van der Waals surface area contributed by atoms with Crippen molar-refractivity contribution in [2.24, 2.45) is 23.2 Å². The van der Waals surface area contributed by atoms with Gasteiger partial charge in [-0.15, -0.1) is 0 Å². The molecule has 3 aliphatic rings. The number of carbonyl (C=O) groups is 2. The van der Waals surface area contributed by atoms with Crippen LogP contribution in [0.4, 0.5) is 0 Å². The van der Waals surface area contributed by atoms with Crippen molar-refractivity contribution in [1.82, 2.24) is 5.32 Å². The number of aliphatic hydroxyl groups excluding tert-OH is 2. The summed E-state index contributed by atoms with van der Waals surface area (Å²) in [6, 6.07) is -0.242. The van der Waals surface area contributed by atoms with Crippen LogP contribution < -0.4 is 5.32 Å². The number of rotatable bonds is 4. The summed E-state index contributed by atoms with van der Waals surface area (Å²) in [5.41, 5.74) is 1.01. The fourth-order valence-corrected chi connectivity index (χ4v) is 6.24. The van der Waals surface area contributed by atoms with Crippen LogP contribution in [-0.4, -0.2) is 64.7 Å². The van der Waals surface area contributed by atoms with Crippen LogP contribution in [0.25, 0.3) is 0 Å². The Bertz CT molecular complexity index is 835. The van der Waals surface area contributed by atoms with E-state index in [1.54, 1.807) is 0 Å². The Hall–Kier alpha value is -1.58. The predicted molar refractivity (Wildman–Crippen MR) is 122 cm³/mol. The van der Waals surface area contributed by atoms with Gasteiger partial charge in [0.15, 0.2) is 5.78 Å². The normalized spacial score (nSPS) is 41.8. The number of hydrogen-bond donors (Lipinski definition) is 4. The first-order valence-electron chi connectivity index (χ1n) is 11.9. The molecule has 3 rings (SSSR count). The summed E-state index contributed by atoms with van der Waals surface area (Å²) in [5, 5.41) is 34.2. The van der Waals surface area contributed by atoms with Crippen LogP contribution in [-0.2, 0) is 19.2 Å². The van der Waals surface area contributed by atoms with Crippen LogP contribution >= 0.6 is 0 Å². The van der Waals surface area contributed by atoms with Gasteiger partial charge in [-0.05, 0) is 51.5 Å². The van der Waals surface area contributed by atoms with Crippen LogP contribution in [0.1, 0.15) is 60.3 Å². The number of Topliss-reactive ketones (excluding diaryl/α,β-unsaturated/α-hetero) is 1. The van der Waals surface area contributed by atoms with Gasteiger partial charge in [0.2, 0.25) is 5.91 Å². The second-order valence-electron chi connectivity index (χ2n) is 10.5. The van der Waals surface area contributed by atoms with Gasteiger partial charge in [-0.25, -0.2) is 4.89 Å². The lowest BCUT2D eigenvalue weighted by Crippen LogP contribution is -2.57. The first-order chi connectivity index (χ1) is 15.5. The van der Waals surface area contributed by atoms with E-state index in [0.717, 1.165) is 16.7 Å². The monoisotopic (exact) mass is 465 g/mol. The van der Waals surface area contributed by atoms with Gasteiger partial charge < -0.3 is 20.3 Å². The second-order valence-corrected chi connectivity index (χ2v) is 10.5. The Morgan fingerprint density at radius 3 is 2.42 bits per heavy atom. The summed E-state index contributed by atoms with van der Waals surface area (Å²) in [7, 11) is 1.38. The number of ether oxygens (including phenoxy) is 1. The number of methoxy groups -OCH3 is 1. The summed E-state index contributed by atoms with van der Waals surface area (Å²) in [6.07, 6.45) is -1.10. The molecule has 0 aromatic carbocycles. The highest BCUT2D eigenvalue weighted by Gasteiger charge is 2.67. The minimum Gasteiger partial charge on any atom is -0.390 e. The molecule has 8 atom stereocenters. The molecule has 1 amide bonds. The number of aliphatic hydroxyl groups is 2. The molecule has 186 valence electrons. The summed E-state index contributed by atoms with van der Waals surface area (Å²) >= 11 is 0. The van der Waals surface area contributed by atoms with Crippen LogP contribution in [0.5, 0.6) is 0 Å². The van der Waals surface area contributed by atoms with Gasteiger partial charge in [-0.3, -0.25) is 14.8 Å². The van der Waals surface area contributed by atoms with E-state index in [9.17, 15) is 25.1 Å². The zero-order valence-corrected chi connectivity index (χ0v) is 20.5. The van der Waals surface area contributed by atoms with E-state index in [4.69, 9.17) is 9.62 Å². The quantitative estimate of drug-likeness (QED) is 0.217. The number of ketones is 1. The molecule has 2 aliphatic carbocycles. The Balaban J connectivity index is 2.27. The summed E-state index contributed by atoms with van der Waals surface area (Å²) in [5.74, 6) is -1.61. The number of amides is 1. The van der Waals surface area contributed by atoms with Crippen LogP contribution in [0, 0.1) is 23.2 Å². The van der Waals surface area contributed by atoms with E-state index in [-0.39, 0.29) is 30.6 Å². The van der Waals surface area contributed by atoms with E-state index >= 15 is 0 Å². The van der Waals surface area contributed by atoms with Gasteiger partial charge >= 0.3 is 0 Å². The third-order valence-electron chi connectivity index (χ3n) is 8.02. The molecule has 0 saturated carbocycles. The van der Waals surface area contributed by atoms with Gasteiger partial charge in [0, 0.05) is 31.4 Å². The maximum atomic E-state index is 14.1. The van der Waals surface area contributed by atoms with E-state index in [0.29, 0.717) is 18.8 Å². The van der Waals surface area contributed by atoms with Crippen molar-refractivity contribution in [3.63, 3.8) is 0 Å². The Kier molecular flexibility index (Phi) is 7.86. The fourth-order valence-electron chi connectivity index (χ4n) is 6.24. The fraction of sp³-hybridized carbons (Fsp3) is 0.760. The lowest BCUT2D eigenvalue weighted by atomic mass is 9.54. The van der Waals surface area contributed by atoms with Crippen LogP contribution in [0.2, 0.25) is 0 Å². The van der Waals surface area contributed by atoms with Gasteiger partial charge in [0.1, 0.15) is 17.6 Å². The molecular formula is C25H39NO7. The van der Waals surface area contributed by atoms with Gasteiger partial charge in [-0.1, -0.05) is 31.1 Å². The average molecular weight is 466 g/mol. The van der Waals surface area contributed by atoms with E-state index in [1.165, 1.54) is 7.11 Å². The van der Waals surface area contributed by atoms with Crippen molar-refractivity contribution in [3.8, 4) is 0 Å². The number of hydrogen-bond acceptors (Lipinski definition) is 7. The first kappa shape index (κ1) is 26.0. The molecular weight excluding hydrogens is 426 g/mol. The molecule has 33 heavy (non-hydrogen) atoms. The van der Waals surface area contributed by atoms with Crippen LogP contribution in [0.15, 0.2) is 22.8 Å². The first-order valence-corrected chi connectivity index (χ1v) is 11.9. The zero-order valence-electron chi connectivity index (χ0n) is 20.5. The summed E-state index contributed by atoms with van der Waals surface area (Å²) in [4.78, 5) is 32.9. The van der Waals surface area contributed by atoms with Gasteiger partial charge in [0.05, 0.1) is 12.2 Å². The largest absolute Gasteiger partial charge is 0.390 e. The zero-order chi connectivity index (χ0) is 24.7. The molecule has 0 aromatic rings. The number of carbonyl (C=O) groups excluding carboxylic acids is 2. The summed E-state index contributed by atoms with van der Waals surface area (Å²) in [6.45, 7) is 9.79. The van der Waals surface area contributed by atoms with Crippen molar-refractivity contribution in [2.45, 2.75) is 90.8 Å². The standard InChI is InChI=1S/C25H39NO7/c1-12(2)9-17-21-14(4)15(5)23(33-31)16-10-13(3)7-8-18(27)22(29)19(32-6)11-20(28)25(16,21)24(30)26-17/h10,12,16-19,21-23,27,29,31H,7-9,11H2,1-6H3,(H,26,30)/b13-10+/t16-,17+,18+,19-,21-,22+,23-,25+/m0/s1. The lowest BCUT2D eigenvalue weighted by Gasteiger charge is -2.47. The van der Waals surface area contributed by atoms with Gasteiger partial charge in [-0.2, -0.15) is 0 Å². The number of nitrogens with one attached hydrogen (secondary N) is 1. The third-order valence-corrected chi connectivity index (χ3v) is 8.02. The highest BCUT2D eigenvalue weighted by Crippen LogP contribution is 2.56. The Morgan fingerprint density at radius 2 is 1.85 bits per heavy atom. The lowest BCUT2D eigenvalue weighted by molar-refractivity contribution is -0.284. The second kappa shape index (κ2) is 9.96. The van der Waals surface area contributed by atoms with Crippen molar-refractivity contribution >= 4 is 11.7 Å². The molecule has 8 nitrogen and oxygen atoms in total. The van der Waals surface area contributed by atoms with Crippen molar-refractivity contribution in [2.75, 3.05) is 7.11 Å². The van der Waals surface area contributed by atoms with E-state index in [2.05, 4.69) is 19.2 Å². The highest BCUT2D eigenvalue weighted by molar-refractivity contribution is 6.10. The Labute approximate surface area is 196 Å². The van der Waals surface area contributed by atoms with E-state index < -0.39 is 41.7 Å². The maximum absolute atomic E-state index is 14.1. The van der Waals surface area contributed by atoms with Crippen LogP contribution in [0.3, 0.4) is 0 Å². The molecule has 0 bridgehead atoms. The van der Waals surface area contributed by atoms with Crippen molar-refractivity contribution in [1.29, 1.82) is 0 Å². The number of allylic oxidation sites excluding steroid dienone is 1. The summed E-state index contributed by atoms with van der Waals surface area (Å²) < 4.78 is 5.42. The molecule has 1 fully saturated rings. The molecule has 0 radical (unpaired) electrons. The molecule has 0 aromatic heterocycles. The maximum Gasteiger partial charge on any atom is 0.235 e. The van der Waals surface area contributed by atoms with Gasteiger partial charge in [0.25, 0.3) is 0 Å². The topological polar surface area (TPSA) is 125 Å². The predicted octanol–water partition coefficient (Wildman–Crippen LogP) is 2.39. The average Bonchev–Trinajstić information content (AvgIpc) is 3.04. The van der Waals surface area contributed by atoms with E-state index in [1.807, 2.05) is 26.8 Å². The van der Waals surface area contributed by atoms with Crippen molar-refractivity contribution in [3.05, 3.63) is 22.8 Å². The molecule has 1 spiro atoms. The van der Waals surface area contributed by atoms with Crippen molar-refractivity contribution < 1.29 is 34.7 Å². The third kappa shape index (κ3) is 4.32.